The van der Waals surface area contributed by atoms with Crippen LogP contribution in [0.15, 0.2) is 23.5 Å². The van der Waals surface area contributed by atoms with E-state index in [0.717, 1.165) is 18.8 Å². The number of nitrogens with zero attached hydrogens (tertiary/aromatic N) is 4. The molecule has 1 saturated heterocycles. The number of rotatable bonds is 6. The van der Waals surface area contributed by atoms with Gasteiger partial charge in [0.25, 0.3) is 0 Å². The fourth-order valence-electron chi connectivity index (χ4n) is 3.03. The van der Waals surface area contributed by atoms with E-state index in [1.807, 2.05) is 6.20 Å². The van der Waals surface area contributed by atoms with Gasteiger partial charge in [-0.25, -0.2) is 13.4 Å². The summed E-state index contributed by atoms with van der Waals surface area (Å²) in [6, 6.07) is -0.183. The number of ether oxygens (including phenoxy) is 1. The Hall–Kier alpha value is -1.71. The second-order valence-corrected chi connectivity index (χ2v) is 8.00. The minimum atomic E-state index is -3.34. The lowest BCUT2D eigenvalue weighted by atomic mass is 10.1. The van der Waals surface area contributed by atoms with Crippen LogP contribution < -0.4 is 0 Å². The molecule has 0 bridgehead atoms. The van der Waals surface area contributed by atoms with Crippen LogP contribution in [-0.4, -0.2) is 59.1 Å². The molecule has 1 aliphatic rings. The van der Waals surface area contributed by atoms with Crippen molar-refractivity contribution in [2.24, 2.45) is 0 Å². The van der Waals surface area contributed by atoms with Crippen molar-refractivity contribution >= 4 is 9.84 Å². The van der Waals surface area contributed by atoms with Gasteiger partial charge in [0.05, 0.1) is 37.7 Å². The van der Waals surface area contributed by atoms with Crippen molar-refractivity contribution < 1.29 is 13.2 Å². The molecule has 0 spiro atoms. The number of aromatic nitrogens is 4. The second-order valence-electron chi connectivity index (χ2n) is 6.02. The number of aromatic amines is 1. The molecule has 2 aromatic heterocycles. The quantitative estimate of drug-likeness (QED) is 0.832. The zero-order chi connectivity index (χ0) is 17.2. The number of aryl methyl sites for hydroxylation is 1. The molecule has 24 heavy (non-hydrogen) atoms. The Balaban J connectivity index is 1.87. The van der Waals surface area contributed by atoms with Crippen molar-refractivity contribution in [1.29, 1.82) is 0 Å². The molecule has 8 nitrogen and oxygen atoms in total. The van der Waals surface area contributed by atoms with Crippen LogP contribution >= 0.6 is 0 Å². The van der Waals surface area contributed by atoms with Crippen LogP contribution in [0.3, 0.4) is 0 Å². The van der Waals surface area contributed by atoms with Gasteiger partial charge in [-0.3, -0.25) is 10.00 Å². The largest absolute Gasteiger partial charge is 0.378 e. The Morgan fingerprint density at radius 3 is 3.04 bits per heavy atom. The Kier molecular flexibility index (Phi) is 5.02. The molecule has 0 amide bonds. The van der Waals surface area contributed by atoms with Gasteiger partial charge in [-0.2, -0.15) is 5.10 Å². The maximum Gasteiger partial charge on any atom is 0.178 e. The predicted molar refractivity (Wildman–Crippen MR) is 88.2 cm³/mol. The van der Waals surface area contributed by atoms with Gasteiger partial charge in [0.2, 0.25) is 0 Å². The van der Waals surface area contributed by atoms with Crippen molar-refractivity contribution in [2.75, 3.05) is 26.0 Å². The maximum absolute atomic E-state index is 12.0. The first-order valence-corrected chi connectivity index (χ1v) is 9.95. The van der Waals surface area contributed by atoms with Gasteiger partial charge in [-0.05, 0) is 6.42 Å². The highest BCUT2D eigenvalue weighted by atomic mass is 32.2. The molecule has 1 N–H and O–H groups in total. The van der Waals surface area contributed by atoms with E-state index in [1.54, 1.807) is 6.20 Å². The lowest BCUT2D eigenvalue weighted by Gasteiger charge is -2.35. The molecule has 1 atom stereocenters. The number of morpholine rings is 1. The van der Waals surface area contributed by atoms with E-state index in [0.29, 0.717) is 32.0 Å². The minimum absolute atomic E-state index is 0.183. The Morgan fingerprint density at radius 1 is 1.46 bits per heavy atom. The lowest BCUT2D eigenvalue weighted by molar-refractivity contribution is -0.0168. The van der Waals surface area contributed by atoms with Crippen molar-refractivity contribution in [1.82, 2.24) is 24.6 Å². The summed E-state index contributed by atoms with van der Waals surface area (Å²) in [6.07, 6.45) is 7.39. The molecule has 132 valence electrons. The van der Waals surface area contributed by atoms with E-state index in [9.17, 15) is 8.42 Å². The maximum atomic E-state index is 12.0. The van der Waals surface area contributed by atoms with Crippen LogP contribution in [0.5, 0.6) is 0 Å². The zero-order valence-electron chi connectivity index (χ0n) is 14.0. The summed E-state index contributed by atoms with van der Waals surface area (Å²) in [5.41, 5.74) is 0.589. The molecular weight excluding hydrogens is 330 g/mol. The lowest BCUT2D eigenvalue weighted by Crippen LogP contribution is -2.40. The van der Waals surface area contributed by atoms with E-state index < -0.39 is 9.84 Å². The molecular formula is C15H23N5O3S. The van der Waals surface area contributed by atoms with Crippen LogP contribution in [0.2, 0.25) is 0 Å². The van der Waals surface area contributed by atoms with Gasteiger partial charge in [-0.15, -0.1) is 0 Å². The fraction of sp³-hybridized carbons (Fsp3) is 0.600. The van der Waals surface area contributed by atoms with E-state index in [2.05, 4.69) is 31.6 Å². The van der Waals surface area contributed by atoms with Crippen molar-refractivity contribution in [2.45, 2.75) is 37.4 Å². The molecule has 1 fully saturated rings. The highest BCUT2D eigenvalue weighted by Gasteiger charge is 2.31. The summed E-state index contributed by atoms with van der Waals surface area (Å²) in [7, 11) is -3.34. The van der Waals surface area contributed by atoms with Crippen molar-refractivity contribution in [3.63, 3.8) is 0 Å². The smallest absolute Gasteiger partial charge is 0.178 e. The average molecular weight is 353 g/mol. The van der Waals surface area contributed by atoms with Gasteiger partial charge in [-0.1, -0.05) is 6.92 Å². The predicted octanol–water partition coefficient (Wildman–Crippen LogP) is 0.993. The molecule has 1 aliphatic heterocycles. The van der Waals surface area contributed by atoms with Gasteiger partial charge in [0.15, 0.2) is 9.84 Å². The first kappa shape index (κ1) is 17.1. The number of hydrogen-bond donors (Lipinski definition) is 1. The standard InChI is InChI=1S/C15H23N5O3S/c1-3-5-19-6-4-16-14(19)10-20-7-8-23-11-12(20)15-13(9-17-18-15)24(2,21)22/h4,6,9,12H,3,5,7-8,10-11H2,1-2H3,(H,17,18)/t12-/m0/s1. The van der Waals surface area contributed by atoms with Crippen LogP contribution in [0.1, 0.15) is 30.9 Å². The summed E-state index contributed by atoms with van der Waals surface area (Å²) in [4.78, 5) is 6.88. The van der Waals surface area contributed by atoms with Gasteiger partial charge in [0, 0.05) is 31.7 Å². The normalized spacial score (nSPS) is 19.7. The third-order valence-electron chi connectivity index (χ3n) is 4.22. The second kappa shape index (κ2) is 7.04. The fourth-order valence-corrected chi connectivity index (χ4v) is 3.86. The summed E-state index contributed by atoms with van der Waals surface area (Å²) < 4.78 is 31.7. The third-order valence-corrected chi connectivity index (χ3v) is 5.34. The first-order valence-electron chi connectivity index (χ1n) is 8.05. The number of hydrogen-bond acceptors (Lipinski definition) is 6. The highest BCUT2D eigenvalue weighted by molar-refractivity contribution is 7.90. The number of nitrogens with one attached hydrogen (secondary N) is 1. The molecule has 0 aromatic carbocycles. The molecule has 0 unspecified atom stereocenters. The molecule has 0 saturated carbocycles. The molecule has 0 radical (unpaired) electrons. The minimum Gasteiger partial charge on any atom is -0.378 e. The van der Waals surface area contributed by atoms with Crippen LogP contribution in [0, 0.1) is 0 Å². The molecule has 3 heterocycles. The molecule has 3 rings (SSSR count). The topological polar surface area (TPSA) is 93.1 Å². The number of H-pyrrole nitrogens is 1. The monoisotopic (exact) mass is 353 g/mol. The molecule has 0 aliphatic carbocycles. The van der Waals surface area contributed by atoms with Crippen LogP contribution in [-0.2, 0) is 27.7 Å². The molecule has 9 heteroatoms. The van der Waals surface area contributed by atoms with Crippen LogP contribution in [0.25, 0.3) is 0 Å². The summed E-state index contributed by atoms with van der Waals surface area (Å²) in [5.74, 6) is 0.976. The number of imidazole rings is 1. The van der Waals surface area contributed by atoms with E-state index in [1.165, 1.54) is 12.5 Å². The SMILES string of the molecule is CCCn1ccnc1CN1CCOC[C@H]1c1[nH]ncc1S(C)(=O)=O. The van der Waals surface area contributed by atoms with Gasteiger partial charge >= 0.3 is 0 Å². The average Bonchev–Trinajstić information content (AvgIpc) is 3.18. The van der Waals surface area contributed by atoms with E-state index in [-0.39, 0.29) is 10.9 Å². The van der Waals surface area contributed by atoms with Gasteiger partial charge < -0.3 is 9.30 Å². The van der Waals surface area contributed by atoms with Crippen molar-refractivity contribution in [3.8, 4) is 0 Å². The van der Waals surface area contributed by atoms with Crippen LogP contribution in [0.4, 0.5) is 0 Å². The van der Waals surface area contributed by atoms with Gasteiger partial charge in [0.1, 0.15) is 10.7 Å². The summed E-state index contributed by atoms with van der Waals surface area (Å²) >= 11 is 0. The Bertz CT molecular complexity index is 783. The van der Waals surface area contributed by atoms with Crippen molar-refractivity contribution in [3.05, 3.63) is 30.1 Å². The summed E-state index contributed by atoms with van der Waals surface area (Å²) in [5, 5.41) is 6.79. The van der Waals surface area contributed by atoms with E-state index >= 15 is 0 Å². The molecule has 2 aromatic rings. The highest BCUT2D eigenvalue weighted by Crippen LogP contribution is 2.28. The Labute approximate surface area is 141 Å². The number of sulfone groups is 1. The Morgan fingerprint density at radius 2 is 2.29 bits per heavy atom. The van der Waals surface area contributed by atoms with E-state index in [4.69, 9.17) is 4.74 Å². The first-order chi connectivity index (χ1) is 11.5. The summed E-state index contributed by atoms with van der Waals surface area (Å²) in [6.45, 7) is 5.45. The zero-order valence-corrected chi connectivity index (χ0v) is 14.8. The third kappa shape index (κ3) is 3.52.